The number of hydrogen-bond donors (Lipinski definition) is 3. The van der Waals surface area contributed by atoms with Crippen LogP contribution in [0.5, 0.6) is 0 Å². The van der Waals surface area contributed by atoms with Crippen molar-refractivity contribution in [2.45, 2.75) is 29.9 Å². The highest BCUT2D eigenvalue weighted by Crippen LogP contribution is 2.32. The summed E-state index contributed by atoms with van der Waals surface area (Å²) in [7, 11) is 0. The van der Waals surface area contributed by atoms with E-state index in [-0.39, 0.29) is 16.6 Å². The second kappa shape index (κ2) is 2.72. The normalized spacial score (nSPS) is 52.0. The molecule has 0 bridgehead atoms. The van der Waals surface area contributed by atoms with E-state index in [0.717, 1.165) is 6.42 Å². The lowest BCUT2D eigenvalue weighted by atomic mass is 10.1. The molecule has 0 aromatic carbocycles. The van der Waals surface area contributed by atoms with Crippen LogP contribution in [0.4, 0.5) is 0 Å². The van der Waals surface area contributed by atoms with Crippen molar-refractivity contribution in [2.75, 3.05) is 0 Å². The average molecular weight is 164 g/mol. The van der Waals surface area contributed by atoms with E-state index >= 15 is 0 Å². The Bertz CT molecular complexity index is 95.2. The summed E-state index contributed by atoms with van der Waals surface area (Å²) in [6, 6.07) is 0. The predicted molar refractivity (Wildman–Crippen MR) is 45.3 cm³/mol. The zero-order valence-corrected chi connectivity index (χ0v) is 7.15. The minimum Gasteiger partial charge on any atom is -0.391 e. The second-order valence-electron chi connectivity index (χ2n) is 2.76. The summed E-state index contributed by atoms with van der Waals surface area (Å²) in [6.07, 6.45) is 0.671. The van der Waals surface area contributed by atoms with Gasteiger partial charge in [0.15, 0.2) is 0 Å². The molecule has 1 saturated carbocycles. The first-order valence-electron chi connectivity index (χ1n) is 3.17. The number of aliphatic hydroxyl groups is 1. The molecule has 1 N–H and O–H groups in total. The Balaban J connectivity index is 2.54. The Morgan fingerprint density at radius 2 is 2.00 bits per heavy atom. The highest BCUT2D eigenvalue weighted by molar-refractivity contribution is 7.82. The molecule has 0 aromatic rings. The van der Waals surface area contributed by atoms with Crippen molar-refractivity contribution in [1.29, 1.82) is 0 Å². The molecule has 0 aliphatic heterocycles. The summed E-state index contributed by atoms with van der Waals surface area (Å²) in [6.45, 7) is 2.09. The largest absolute Gasteiger partial charge is 0.391 e. The van der Waals surface area contributed by atoms with Gasteiger partial charge in [-0.2, -0.15) is 25.3 Å². The summed E-state index contributed by atoms with van der Waals surface area (Å²) < 4.78 is 0. The van der Waals surface area contributed by atoms with Crippen LogP contribution in [0, 0.1) is 5.92 Å². The van der Waals surface area contributed by atoms with Crippen LogP contribution in [0.1, 0.15) is 13.3 Å². The van der Waals surface area contributed by atoms with Crippen molar-refractivity contribution in [3.63, 3.8) is 0 Å². The van der Waals surface area contributed by atoms with Gasteiger partial charge in [0.1, 0.15) is 0 Å². The van der Waals surface area contributed by atoms with Gasteiger partial charge < -0.3 is 5.11 Å². The summed E-state index contributed by atoms with van der Waals surface area (Å²) in [5.74, 6) is 0.505. The minimum atomic E-state index is -0.313. The van der Waals surface area contributed by atoms with Gasteiger partial charge in [0.2, 0.25) is 0 Å². The average Bonchev–Trinajstić information content (AvgIpc) is 1.98. The first-order valence-corrected chi connectivity index (χ1v) is 4.20. The maximum Gasteiger partial charge on any atom is 0.0774 e. The summed E-state index contributed by atoms with van der Waals surface area (Å²) >= 11 is 8.45. The third-order valence-corrected chi connectivity index (χ3v) is 3.27. The minimum absolute atomic E-state index is 0.132. The smallest absolute Gasteiger partial charge is 0.0774 e. The third-order valence-electron chi connectivity index (χ3n) is 1.94. The summed E-state index contributed by atoms with van der Waals surface area (Å²) in [5.41, 5.74) is 0. The molecule has 1 aliphatic rings. The van der Waals surface area contributed by atoms with Gasteiger partial charge in [-0.05, 0) is 12.3 Å². The van der Waals surface area contributed by atoms with Gasteiger partial charge in [-0.1, -0.05) is 6.92 Å². The standard InChI is InChI=1S/C6H12OS2/c1-3-2-4(8)5(7)6(3)9/h3-9H,2H2,1H3. The van der Waals surface area contributed by atoms with Gasteiger partial charge in [-0.25, -0.2) is 0 Å². The van der Waals surface area contributed by atoms with E-state index in [1.165, 1.54) is 0 Å². The van der Waals surface area contributed by atoms with Crippen molar-refractivity contribution in [3.8, 4) is 0 Å². The molecular formula is C6H12OS2. The molecule has 0 saturated heterocycles. The monoisotopic (exact) mass is 164 g/mol. The van der Waals surface area contributed by atoms with Crippen molar-refractivity contribution < 1.29 is 5.11 Å². The number of aliphatic hydroxyl groups excluding tert-OH is 1. The van der Waals surface area contributed by atoms with Gasteiger partial charge in [-0.15, -0.1) is 0 Å². The third kappa shape index (κ3) is 1.38. The SMILES string of the molecule is CC1CC(S)C(O)C1S. The van der Waals surface area contributed by atoms with E-state index in [0.29, 0.717) is 5.92 Å². The molecular weight excluding hydrogens is 152 g/mol. The Kier molecular flexibility index (Phi) is 2.35. The lowest BCUT2D eigenvalue weighted by molar-refractivity contribution is 0.190. The Labute approximate surface area is 66.7 Å². The number of hydrogen-bond acceptors (Lipinski definition) is 3. The van der Waals surface area contributed by atoms with Crippen LogP contribution >= 0.6 is 25.3 Å². The Morgan fingerprint density at radius 3 is 2.11 bits per heavy atom. The van der Waals surface area contributed by atoms with Gasteiger partial charge >= 0.3 is 0 Å². The van der Waals surface area contributed by atoms with Gasteiger partial charge in [0.05, 0.1) is 6.10 Å². The molecule has 9 heavy (non-hydrogen) atoms. The zero-order chi connectivity index (χ0) is 7.02. The summed E-state index contributed by atoms with van der Waals surface area (Å²) in [5, 5.41) is 9.56. The van der Waals surface area contributed by atoms with Crippen molar-refractivity contribution in [2.24, 2.45) is 5.92 Å². The highest BCUT2D eigenvalue weighted by atomic mass is 32.1. The van der Waals surface area contributed by atoms with E-state index in [1.54, 1.807) is 0 Å². The lowest BCUT2D eigenvalue weighted by Crippen LogP contribution is -2.22. The molecule has 0 aromatic heterocycles. The lowest BCUT2D eigenvalue weighted by Gasteiger charge is -2.11. The summed E-state index contributed by atoms with van der Waals surface area (Å²) in [4.78, 5) is 0. The van der Waals surface area contributed by atoms with Crippen LogP contribution in [-0.2, 0) is 0 Å². The molecule has 1 rings (SSSR count). The number of rotatable bonds is 0. The Hall–Kier alpha value is 0.660. The van der Waals surface area contributed by atoms with E-state index in [4.69, 9.17) is 0 Å². The first kappa shape index (κ1) is 7.76. The molecule has 4 atom stereocenters. The zero-order valence-electron chi connectivity index (χ0n) is 5.36. The molecule has 54 valence electrons. The van der Waals surface area contributed by atoms with Crippen molar-refractivity contribution in [1.82, 2.24) is 0 Å². The van der Waals surface area contributed by atoms with Crippen LogP contribution in [0.25, 0.3) is 0 Å². The van der Waals surface area contributed by atoms with Gasteiger partial charge in [0, 0.05) is 10.5 Å². The highest BCUT2D eigenvalue weighted by Gasteiger charge is 2.35. The maximum absolute atomic E-state index is 9.28. The molecule has 0 heterocycles. The van der Waals surface area contributed by atoms with Crippen LogP contribution in [0.15, 0.2) is 0 Å². The molecule has 0 spiro atoms. The van der Waals surface area contributed by atoms with Crippen LogP contribution in [0.3, 0.4) is 0 Å². The van der Waals surface area contributed by atoms with E-state index in [9.17, 15) is 5.11 Å². The fourth-order valence-corrected chi connectivity index (χ4v) is 2.21. The van der Waals surface area contributed by atoms with E-state index in [1.807, 2.05) is 0 Å². The van der Waals surface area contributed by atoms with Gasteiger partial charge in [0.25, 0.3) is 0 Å². The Morgan fingerprint density at radius 1 is 1.44 bits per heavy atom. The molecule has 1 aliphatic carbocycles. The van der Waals surface area contributed by atoms with Crippen molar-refractivity contribution >= 4 is 25.3 Å². The molecule has 1 fully saturated rings. The molecule has 0 radical (unpaired) electrons. The quantitative estimate of drug-likeness (QED) is 0.456. The van der Waals surface area contributed by atoms with E-state index in [2.05, 4.69) is 32.2 Å². The second-order valence-corrected chi connectivity index (χ2v) is 4.02. The molecule has 1 nitrogen and oxygen atoms in total. The molecule has 0 amide bonds. The predicted octanol–water partition coefficient (Wildman–Crippen LogP) is 0.984. The van der Waals surface area contributed by atoms with E-state index < -0.39 is 0 Å². The van der Waals surface area contributed by atoms with Crippen molar-refractivity contribution in [3.05, 3.63) is 0 Å². The fourth-order valence-electron chi connectivity index (χ4n) is 1.22. The molecule has 3 heteroatoms. The number of thiol groups is 2. The topological polar surface area (TPSA) is 20.2 Å². The fraction of sp³-hybridized carbons (Fsp3) is 1.00. The van der Waals surface area contributed by atoms with Crippen LogP contribution < -0.4 is 0 Å². The van der Waals surface area contributed by atoms with Gasteiger partial charge in [-0.3, -0.25) is 0 Å². The van der Waals surface area contributed by atoms with Crippen LogP contribution in [0.2, 0.25) is 0 Å². The van der Waals surface area contributed by atoms with Crippen LogP contribution in [-0.4, -0.2) is 21.7 Å². The maximum atomic E-state index is 9.28. The first-order chi connectivity index (χ1) is 4.13. The molecule has 4 unspecified atom stereocenters.